The minimum Gasteiger partial charge on any atom is -0.324 e. The van der Waals surface area contributed by atoms with Gasteiger partial charge in [-0.05, 0) is 18.6 Å². The third-order valence-electron chi connectivity index (χ3n) is 1.69. The van der Waals surface area contributed by atoms with Crippen LogP contribution in [0.4, 0.5) is 10.1 Å². The maximum absolute atomic E-state index is 13.0. The zero-order chi connectivity index (χ0) is 10.4. The molecule has 0 aliphatic heterocycles. The molecule has 0 aliphatic rings. The Kier molecular flexibility index (Phi) is 4.40. The molecule has 0 aromatic heterocycles. The van der Waals surface area contributed by atoms with E-state index in [-0.39, 0.29) is 11.6 Å². The number of anilines is 1. The number of benzene rings is 1. The fourth-order valence-corrected chi connectivity index (χ4v) is 1.14. The van der Waals surface area contributed by atoms with E-state index >= 15 is 0 Å². The fourth-order valence-electron chi connectivity index (χ4n) is 1.00. The van der Waals surface area contributed by atoms with Gasteiger partial charge in [0.05, 0.1) is 5.69 Å². The highest BCUT2D eigenvalue weighted by atomic mass is 35.5. The van der Waals surface area contributed by atoms with Crippen molar-refractivity contribution in [2.45, 2.75) is 12.8 Å². The van der Waals surface area contributed by atoms with E-state index < -0.39 is 5.82 Å². The van der Waals surface area contributed by atoms with Gasteiger partial charge in [0.2, 0.25) is 5.91 Å². The van der Waals surface area contributed by atoms with Crippen molar-refractivity contribution in [3.8, 4) is 0 Å². The Labute approximate surface area is 87.1 Å². The Hall–Kier alpha value is -1.09. The molecule has 1 amide bonds. The predicted molar refractivity (Wildman–Crippen MR) is 55.0 cm³/mol. The molecule has 1 N–H and O–H groups in total. The number of hydrogen-bond acceptors (Lipinski definition) is 1. The second kappa shape index (κ2) is 5.60. The van der Waals surface area contributed by atoms with Crippen LogP contribution in [-0.4, -0.2) is 11.8 Å². The van der Waals surface area contributed by atoms with Gasteiger partial charge in [0, 0.05) is 12.3 Å². The number of amides is 1. The average molecular weight is 216 g/mol. The molecule has 0 fully saturated rings. The van der Waals surface area contributed by atoms with Crippen molar-refractivity contribution in [1.29, 1.82) is 0 Å². The van der Waals surface area contributed by atoms with Gasteiger partial charge in [-0.2, -0.15) is 0 Å². The topological polar surface area (TPSA) is 29.1 Å². The van der Waals surface area contributed by atoms with E-state index in [1.165, 1.54) is 12.1 Å². The second-order valence-electron chi connectivity index (χ2n) is 2.82. The lowest BCUT2D eigenvalue weighted by molar-refractivity contribution is -0.116. The Morgan fingerprint density at radius 2 is 2.14 bits per heavy atom. The molecule has 0 aliphatic carbocycles. The summed E-state index contributed by atoms with van der Waals surface area (Å²) in [7, 11) is 0. The van der Waals surface area contributed by atoms with Crippen molar-refractivity contribution < 1.29 is 9.18 Å². The van der Waals surface area contributed by atoms with Crippen LogP contribution < -0.4 is 5.32 Å². The van der Waals surface area contributed by atoms with Crippen LogP contribution in [0.1, 0.15) is 12.8 Å². The summed E-state index contributed by atoms with van der Waals surface area (Å²) in [6, 6.07) is 6.06. The highest BCUT2D eigenvalue weighted by Gasteiger charge is 2.04. The second-order valence-corrected chi connectivity index (χ2v) is 3.20. The van der Waals surface area contributed by atoms with Gasteiger partial charge in [-0.3, -0.25) is 4.79 Å². The highest BCUT2D eigenvalue weighted by Crippen LogP contribution is 2.12. The number of carbonyl (C=O) groups is 1. The third-order valence-corrected chi connectivity index (χ3v) is 1.95. The van der Waals surface area contributed by atoms with Crippen LogP contribution in [0.5, 0.6) is 0 Å². The van der Waals surface area contributed by atoms with E-state index in [1.807, 2.05) is 0 Å². The van der Waals surface area contributed by atoms with E-state index in [1.54, 1.807) is 12.1 Å². The van der Waals surface area contributed by atoms with Crippen molar-refractivity contribution >= 4 is 23.2 Å². The highest BCUT2D eigenvalue weighted by molar-refractivity contribution is 6.18. The monoisotopic (exact) mass is 215 g/mol. The lowest BCUT2D eigenvalue weighted by atomic mass is 10.2. The van der Waals surface area contributed by atoms with Crippen LogP contribution in [0, 0.1) is 5.82 Å². The quantitative estimate of drug-likeness (QED) is 0.769. The van der Waals surface area contributed by atoms with E-state index in [9.17, 15) is 9.18 Å². The normalized spacial score (nSPS) is 9.86. The van der Waals surface area contributed by atoms with Crippen LogP contribution in [0.25, 0.3) is 0 Å². The molecule has 1 rings (SSSR count). The molecule has 76 valence electrons. The van der Waals surface area contributed by atoms with Gasteiger partial charge in [0.25, 0.3) is 0 Å². The molecule has 0 spiro atoms. The molecular weight excluding hydrogens is 205 g/mol. The first-order valence-corrected chi connectivity index (χ1v) is 4.88. The Bertz CT molecular complexity index is 317. The smallest absolute Gasteiger partial charge is 0.224 e. The van der Waals surface area contributed by atoms with E-state index in [0.29, 0.717) is 18.7 Å². The lowest BCUT2D eigenvalue weighted by Crippen LogP contribution is -2.12. The molecule has 0 saturated heterocycles. The van der Waals surface area contributed by atoms with Gasteiger partial charge in [-0.25, -0.2) is 4.39 Å². The molecular formula is C10H11ClFNO. The van der Waals surface area contributed by atoms with Gasteiger partial charge in [0.1, 0.15) is 5.82 Å². The molecule has 0 radical (unpaired) electrons. The molecule has 14 heavy (non-hydrogen) atoms. The molecule has 0 heterocycles. The molecule has 0 saturated carbocycles. The number of rotatable bonds is 4. The number of carbonyl (C=O) groups excluding carboxylic acids is 1. The number of nitrogens with one attached hydrogen (secondary N) is 1. The largest absolute Gasteiger partial charge is 0.324 e. The van der Waals surface area contributed by atoms with Gasteiger partial charge in [0.15, 0.2) is 0 Å². The van der Waals surface area contributed by atoms with Gasteiger partial charge in [-0.15, -0.1) is 11.6 Å². The van der Waals surface area contributed by atoms with E-state index in [4.69, 9.17) is 11.6 Å². The number of alkyl halides is 1. The van der Waals surface area contributed by atoms with E-state index in [2.05, 4.69) is 5.32 Å². The first kappa shape index (κ1) is 11.0. The summed E-state index contributed by atoms with van der Waals surface area (Å²) in [5.41, 5.74) is 0.215. The van der Waals surface area contributed by atoms with Crippen molar-refractivity contribution in [1.82, 2.24) is 0 Å². The SMILES string of the molecule is O=C(CCCCl)Nc1ccccc1F. The summed E-state index contributed by atoms with van der Waals surface area (Å²) in [5, 5.41) is 2.47. The summed E-state index contributed by atoms with van der Waals surface area (Å²) in [6.45, 7) is 0. The van der Waals surface area contributed by atoms with Gasteiger partial charge in [-0.1, -0.05) is 12.1 Å². The summed E-state index contributed by atoms with van der Waals surface area (Å²) < 4.78 is 13.0. The minimum atomic E-state index is -0.424. The number of halogens is 2. The molecule has 2 nitrogen and oxygen atoms in total. The number of hydrogen-bond donors (Lipinski definition) is 1. The molecule has 1 aromatic rings. The first-order valence-electron chi connectivity index (χ1n) is 4.34. The predicted octanol–water partition coefficient (Wildman–Crippen LogP) is 2.78. The lowest BCUT2D eigenvalue weighted by Gasteiger charge is -2.04. The van der Waals surface area contributed by atoms with Crippen LogP contribution >= 0.6 is 11.6 Å². The molecule has 0 unspecified atom stereocenters. The molecule has 0 bridgehead atoms. The maximum Gasteiger partial charge on any atom is 0.224 e. The minimum absolute atomic E-state index is 0.212. The summed E-state index contributed by atoms with van der Waals surface area (Å²) in [6.07, 6.45) is 0.916. The van der Waals surface area contributed by atoms with Gasteiger partial charge >= 0.3 is 0 Å². The van der Waals surface area contributed by atoms with Crippen LogP contribution in [0.2, 0.25) is 0 Å². The molecule has 0 atom stereocenters. The Morgan fingerprint density at radius 1 is 1.43 bits per heavy atom. The standard InChI is InChI=1S/C10H11ClFNO/c11-7-3-6-10(14)13-9-5-2-1-4-8(9)12/h1-2,4-5H,3,6-7H2,(H,13,14). The Morgan fingerprint density at radius 3 is 2.79 bits per heavy atom. The fraction of sp³-hybridized carbons (Fsp3) is 0.300. The first-order chi connectivity index (χ1) is 6.74. The van der Waals surface area contributed by atoms with E-state index in [0.717, 1.165) is 0 Å². The average Bonchev–Trinajstić information content (AvgIpc) is 2.18. The van der Waals surface area contributed by atoms with Crippen molar-refractivity contribution in [3.63, 3.8) is 0 Å². The van der Waals surface area contributed by atoms with Crippen LogP contribution in [0.15, 0.2) is 24.3 Å². The summed E-state index contributed by atoms with van der Waals surface area (Å²) in [5.74, 6) is -0.201. The van der Waals surface area contributed by atoms with Crippen molar-refractivity contribution in [2.24, 2.45) is 0 Å². The summed E-state index contributed by atoms with van der Waals surface area (Å²) >= 11 is 5.43. The number of para-hydroxylation sites is 1. The molecule has 4 heteroatoms. The third kappa shape index (κ3) is 3.34. The molecule has 1 aromatic carbocycles. The van der Waals surface area contributed by atoms with Crippen molar-refractivity contribution in [2.75, 3.05) is 11.2 Å². The van der Waals surface area contributed by atoms with Crippen molar-refractivity contribution in [3.05, 3.63) is 30.1 Å². The Balaban J connectivity index is 2.52. The zero-order valence-corrected chi connectivity index (χ0v) is 8.35. The van der Waals surface area contributed by atoms with Gasteiger partial charge < -0.3 is 5.32 Å². The summed E-state index contributed by atoms with van der Waals surface area (Å²) in [4.78, 5) is 11.2. The zero-order valence-electron chi connectivity index (χ0n) is 7.59. The van der Waals surface area contributed by atoms with Crippen LogP contribution in [0.3, 0.4) is 0 Å². The maximum atomic E-state index is 13.0. The van der Waals surface area contributed by atoms with Crippen LogP contribution in [-0.2, 0) is 4.79 Å².